The highest BCUT2D eigenvalue weighted by Gasteiger charge is 2.32. The van der Waals surface area contributed by atoms with E-state index in [2.05, 4.69) is 0 Å². The lowest BCUT2D eigenvalue weighted by Crippen LogP contribution is -2.25. The number of hydrogen-bond acceptors (Lipinski definition) is 5. The standard InChI is InChI=1S/C31H25NO5/c1-3-36-31(34)23-15-13-22(14-16-23)28-18-17-25(37-28)19-24-20-27(21-9-5-4-6-10-21)32(30(24)33)26-11-7-8-12-29(26)35-2/h4-20H,3H2,1-2H3/b24-19-. The van der Waals surface area contributed by atoms with E-state index < -0.39 is 0 Å². The molecular weight excluding hydrogens is 466 g/mol. The van der Waals surface area contributed by atoms with Gasteiger partial charge in [0.25, 0.3) is 5.91 Å². The summed E-state index contributed by atoms with van der Waals surface area (Å²) in [6.45, 7) is 2.10. The maximum absolute atomic E-state index is 13.7. The third-order valence-electron chi connectivity index (χ3n) is 5.98. The van der Waals surface area contributed by atoms with Gasteiger partial charge in [-0.3, -0.25) is 9.69 Å². The van der Waals surface area contributed by atoms with Gasteiger partial charge in [0.1, 0.15) is 17.3 Å². The van der Waals surface area contributed by atoms with Crippen LogP contribution in [0.4, 0.5) is 5.69 Å². The molecule has 184 valence electrons. The van der Waals surface area contributed by atoms with Gasteiger partial charge in [-0.15, -0.1) is 0 Å². The summed E-state index contributed by atoms with van der Waals surface area (Å²) in [4.78, 5) is 27.2. The Morgan fingerprint density at radius 1 is 0.892 bits per heavy atom. The molecule has 0 N–H and O–H groups in total. The molecule has 0 spiro atoms. The predicted molar refractivity (Wildman–Crippen MR) is 143 cm³/mol. The third kappa shape index (κ3) is 4.82. The Hall–Kier alpha value is -4.84. The van der Waals surface area contributed by atoms with Gasteiger partial charge in [-0.1, -0.05) is 54.6 Å². The minimum atomic E-state index is -0.362. The van der Waals surface area contributed by atoms with Crippen LogP contribution in [-0.4, -0.2) is 25.6 Å². The van der Waals surface area contributed by atoms with Crippen molar-refractivity contribution >= 4 is 29.3 Å². The van der Waals surface area contributed by atoms with Gasteiger partial charge in [-0.25, -0.2) is 4.79 Å². The molecule has 6 heteroatoms. The Labute approximate surface area is 215 Å². The van der Waals surface area contributed by atoms with Crippen LogP contribution in [0.15, 0.2) is 107 Å². The van der Waals surface area contributed by atoms with E-state index in [4.69, 9.17) is 13.9 Å². The first-order valence-electron chi connectivity index (χ1n) is 11.9. The maximum Gasteiger partial charge on any atom is 0.338 e. The molecule has 1 aliphatic rings. The Morgan fingerprint density at radius 3 is 2.35 bits per heavy atom. The van der Waals surface area contributed by atoms with Crippen molar-refractivity contribution in [2.75, 3.05) is 18.6 Å². The van der Waals surface area contributed by atoms with Crippen molar-refractivity contribution in [1.29, 1.82) is 0 Å². The molecule has 0 atom stereocenters. The molecule has 0 saturated carbocycles. The highest BCUT2D eigenvalue weighted by molar-refractivity contribution is 6.23. The largest absolute Gasteiger partial charge is 0.495 e. The highest BCUT2D eigenvalue weighted by atomic mass is 16.5. The summed E-state index contributed by atoms with van der Waals surface area (Å²) in [6, 6.07) is 27.9. The van der Waals surface area contributed by atoms with E-state index in [1.807, 2.05) is 72.8 Å². The lowest BCUT2D eigenvalue weighted by atomic mass is 10.1. The van der Waals surface area contributed by atoms with E-state index in [0.717, 1.165) is 16.8 Å². The number of esters is 1. The van der Waals surface area contributed by atoms with Crippen LogP contribution in [-0.2, 0) is 9.53 Å². The quantitative estimate of drug-likeness (QED) is 0.215. The number of anilines is 1. The van der Waals surface area contributed by atoms with Crippen molar-refractivity contribution in [1.82, 2.24) is 0 Å². The van der Waals surface area contributed by atoms with Crippen LogP contribution in [0.2, 0.25) is 0 Å². The van der Waals surface area contributed by atoms with Gasteiger partial charge in [0.05, 0.1) is 30.7 Å². The van der Waals surface area contributed by atoms with Crippen molar-refractivity contribution in [2.45, 2.75) is 6.92 Å². The van der Waals surface area contributed by atoms with Gasteiger partial charge in [0, 0.05) is 11.1 Å². The number of carbonyl (C=O) groups excluding carboxylic acids is 2. The predicted octanol–water partition coefficient (Wildman–Crippen LogP) is 6.60. The van der Waals surface area contributed by atoms with Crippen LogP contribution in [0.3, 0.4) is 0 Å². The van der Waals surface area contributed by atoms with Crippen molar-refractivity contribution in [3.05, 3.63) is 120 Å². The Bertz CT molecular complexity index is 1500. The van der Waals surface area contributed by atoms with Gasteiger partial charge < -0.3 is 13.9 Å². The van der Waals surface area contributed by atoms with E-state index in [1.165, 1.54) is 0 Å². The SMILES string of the molecule is CCOC(=O)c1ccc(-c2ccc(/C=C3/C=C(c4ccccc4)N(c4ccccc4OC)C3=O)o2)cc1. The smallest absolute Gasteiger partial charge is 0.338 e. The lowest BCUT2D eigenvalue weighted by Gasteiger charge is -2.22. The number of rotatable bonds is 7. The number of furan rings is 1. The highest BCUT2D eigenvalue weighted by Crippen LogP contribution is 2.39. The molecule has 0 fully saturated rings. The Kier molecular flexibility index (Phi) is 6.72. The molecule has 3 aromatic carbocycles. The van der Waals surface area contributed by atoms with E-state index in [1.54, 1.807) is 49.3 Å². The molecule has 6 nitrogen and oxygen atoms in total. The van der Waals surface area contributed by atoms with Crippen LogP contribution < -0.4 is 9.64 Å². The average molecular weight is 492 g/mol. The van der Waals surface area contributed by atoms with Crippen molar-refractivity contribution in [2.24, 2.45) is 0 Å². The number of benzene rings is 3. The molecule has 0 aliphatic carbocycles. The zero-order valence-electron chi connectivity index (χ0n) is 20.5. The summed E-state index contributed by atoms with van der Waals surface area (Å²) in [6.07, 6.45) is 3.59. The van der Waals surface area contributed by atoms with E-state index in [-0.39, 0.29) is 11.9 Å². The molecule has 2 heterocycles. The zero-order chi connectivity index (χ0) is 25.8. The second kappa shape index (κ2) is 10.4. The molecule has 4 aromatic rings. The van der Waals surface area contributed by atoms with Gasteiger partial charge >= 0.3 is 5.97 Å². The summed E-state index contributed by atoms with van der Waals surface area (Å²) in [7, 11) is 1.59. The summed E-state index contributed by atoms with van der Waals surface area (Å²) in [5.41, 5.74) is 4.10. The van der Waals surface area contributed by atoms with Crippen LogP contribution in [0, 0.1) is 0 Å². The van der Waals surface area contributed by atoms with Crippen LogP contribution in [0.5, 0.6) is 5.75 Å². The number of amides is 1. The summed E-state index contributed by atoms with van der Waals surface area (Å²) in [5.74, 6) is 1.23. The molecule has 0 bridgehead atoms. The van der Waals surface area contributed by atoms with E-state index in [9.17, 15) is 9.59 Å². The topological polar surface area (TPSA) is 69.0 Å². The average Bonchev–Trinajstić information content (AvgIpc) is 3.54. The summed E-state index contributed by atoms with van der Waals surface area (Å²) < 4.78 is 16.6. The van der Waals surface area contributed by atoms with Gasteiger partial charge in [-0.2, -0.15) is 0 Å². The molecule has 0 unspecified atom stereocenters. The minimum absolute atomic E-state index is 0.180. The molecule has 37 heavy (non-hydrogen) atoms. The Balaban J connectivity index is 1.48. The fourth-order valence-electron chi connectivity index (χ4n) is 4.21. The number of methoxy groups -OCH3 is 1. The minimum Gasteiger partial charge on any atom is -0.495 e. The molecule has 5 rings (SSSR count). The number of para-hydroxylation sites is 2. The van der Waals surface area contributed by atoms with Gasteiger partial charge in [-0.05, 0) is 61.0 Å². The normalized spacial score (nSPS) is 14.1. The monoisotopic (exact) mass is 491 g/mol. The van der Waals surface area contributed by atoms with Gasteiger partial charge in [0.15, 0.2) is 0 Å². The number of nitrogens with zero attached hydrogens (tertiary/aromatic N) is 1. The van der Waals surface area contributed by atoms with Crippen LogP contribution in [0.25, 0.3) is 23.1 Å². The fraction of sp³-hybridized carbons (Fsp3) is 0.0968. The van der Waals surface area contributed by atoms with Crippen LogP contribution in [0.1, 0.15) is 28.6 Å². The summed E-state index contributed by atoms with van der Waals surface area (Å²) in [5, 5.41) is 0. The second-order valence-electron chi connectivity index (χ2n) is 8.31. The molecule has 1 aliphatic heterocycles. The third-order valence-corrected chi connectivity index (χ3v) is 5.98. The van der Waals surface area contributed by atoms with Crippen LogP contribution >= 0.6 is 0 Å². The first kappa shape index (κ1) is 23.9. The number of carbonyl (C=O) groups is 2. The first-order valence-corrected chi connectivity index (χ1v) is 11.9. The molecule has 0 radical (unpaired) electrons. The molecule has 1 aromatic heterocycles. The van der Waals surface area contributed by atoms with Crippen molar-refractivity contribution in [3.8, 4) is 17.1 Å². The zero-order valence-corrected chi connectivity index (χ0v) is 20.5. The molecule has 0 saturated heterocycles. The van der Waals surface area contributed by atoms with Crippen molar-refractivity contribution in [3.63, 3.8) is 0 Å². The van der Waals surface area contributed by atoms with Gasteiger partial charge in [0.2, 0.25) is 0 Å². The molecular formula is C31H25NO5. The first-order chi connectivity index (χ1) is 18.1. The maximum atomic E-state index is 13.7. The van der Waals surface area contributed by atoms with E-state index >= 15 is 0 Å². The fourth-order valence-corrected chi connectivity index (χ4v) is 4.21. The lowest BCUT2D eigenvalue weighted by molar-refractivity contribution is -0.113. The summed E-state index contributed by atoms with van der Waals surface area (Å²) >= 11 is 0. The second-order valence-corrected chi connectivity index (χ2v) is 8.31. The Morgan fingerprint density at radius 2 is 1.62 bits per heavy atom. The molecule has 1 amide bonds. The number of ether oxygens (including phenoxy) is 2. The van der Waals surface area contributed by atoms with E-state index in [0.29, 0.717) is 40.7 Å². The number of hydrogen-bond donors (Lipinski definition) is 0. The van der Waals surface area contributed by atoms with Crippen molar-refractivity contribution < 1.29 is 23.5 Å².